The Labute approximate surface area is 156 Å². The van der Waals surface area contributed by atoms with Gasteiger partial charge in [-0.15, -0.1) is 12.3 Å². The quantitative estimate of drug-likeness (QED) is 0.414. The Morgan fingerprint density at radius 2 is 1.96 bits per heavy atom. The molecule has 0 amide bonds. The van der Waals surface area contributed by atoms with Crippen molar-refractivity contribution in [1.29, 1.82) is 0 Å². The monoisotopic (exact) mass is 352 g/mol. The molecule has 0 aromatic carbocycles. The molecule has 0 aromatic rings. The number of carboxylic acid groups (broad SMARTS) is 1. The standard InChI is InChI=1S/C23H28O3/c1-7-9-19-15-23(5,6)20(18(4)22(19)26)13-12-16(2)10-8-11-17(3)14-21(24)25/h1,8,10-14,19H,9,15H2,2-6H3,(H,24,25)/b11-8+,13-12+,16-10+,17-14+/t19-/m0/s1. The number of carbonyl (C=O) groups is 2. The molecule has 3 nitrogen and oxygen atoms in total. The third kappa shape index (κ3) is 6.04. The van der Waals surface area contributed by atoms with Crippen LogP contribution < -0.4 is 0 Å². The van der Waals surface area contributed by atoms with Crippen LogP contribution in [0.1, 0.15) is 47.5 Å². The molecule has 1 aliphatic rings. The van der Waals surface area contributed by atoms with Gasteiger partial charge in [0.25, 0.3) is 0 Å². The number of ketones is 1. The topological polar surface area (TPSA) is 54.4 Å². The lowest BCUT2D eigenvalue weighted by Crippen LogP contribution is -2.32. The van der Waals surface area contributed by atoms with Crippen LogP contribution in [0.2, 0.25) is 0 Å². The number of rotatable bonds is 6. The minimum atomic E-state index is -0.956. The summed E-state index contributed by atoms with van der Waals surface area (Å²) in [7, 11) is 0. The molecule has 1 atom stereocenters. The van der Waals surface area contributed by atoms with Crippen LogP contribution in [0.5, 0.6) is 0 Å². The molecule has 1 N–H and O–H groups in total. The minimum Gasteiger partial charge on any atom is -0.478 e. The summed E-state index contributed by atoms with van der Waals surface area (Å²) >= 11 is 0. The summed E-state index contributed by atoms with van der Waals surface area (Å²) in [5.41, 5.74) is 3.42. The van der Waals surface area contributed by atoms with Crippen LogP contribution in [0.25, 0.3) is 0 Å². The first-order valence-corrected chi connectivity index (χ1v) is 8.71. The first-order valence-electron chi connectivity index (χ1n) is 8.71. The molecule has 138 valence electrons. The highest BCUT2D eigenvalue weighted by Crippen LogP contribution is 2.43. The second-order valence-corrected chi connectivity index (χ2v) is 7.43. The number of Topliss-reactive ketones (excluding diaryl/α,β-unsaturated/α-hetero) is 1. The third-order valence-electron chi connectivity index (χ3n) is 4.58. The molecule has 0 fully saturated rings. The van der Waals surface area contributed by atoms with Gasteiger partial charge in [-0.3, -0.25) is 4.79 Å². The molecule has 0 aliphatic heterocycles. The fourth-order valence-electron chi connectivity index (χ4n) is 3.29. The van der Waals surface area contributed by atoms with Crippen molar-refractivity contribution in [2.75, 3.05) is 0 Å². The average Bonchev–Trinajstić information content (AvgIpc) is 2.51. The predicted octanol–water partition coefficient (Wildman–Crippen LogP) is 5.03. The summed E-state index contributed by atoms with van der Waals surface area (Å²) in [5.74, 6) is 1.72. The largest absolute Gasteiger partial charge is 0.478 e. The molecular weight excluding hydrogens is 324 g/mol. The molecule has 0 heterocycles. The van der Waals surface area contributed by atoms with E-state index < -0.39 is 5.97 Å². The number of terminal acetylenes is 1. The van der Waals surface area contributed by atoms with E-state index in [0.29, 0.717) is 12.0 Å². The lowest BCUT2D eigenvalue weighted by Gasteiger charge is -2.36. The Balaban J connectivity index is 3.00. The predicted molar refractivity (Wildman–Crippen MR) is 106 cm³/mol. The van der Waals surface area contributed by atoms with Crippen molar-refractivity contribution >= 4 is 11.8 Å². The van der Waals surface area contributed by atoms with Crippen LogP contribution in [0.15, 0.2) is 58.7 Å². The smallest absolute Gasteiger partial charge is 0.328 e. The zero-order valence-corrected chi connectivity index (χ0v) is 16.3. The molecule has 1 rings (SSSR count). The molecule has 0 saturated heterocycles. The number of carboxylic acids is 1. The molecule has 0 saturated carbocycles. The van der Waals surface area contributed by atoms with Gasteiger partial charge in [0.15, 0.2) is 5.78 Å². The van der Waals surface area contributed by atoms with Crippen molar-refractivity contribution in [3.63, 3.8) is 0 Å². The fourth-order valence-corrected chi connectivity index (χ4v) is 3.29. The fraction of sp³-hybridized carbons (Fsp3) is 0.391. The highest BCUT2D eigenvalue weighted by atomic mass is 16.4. The highest BCUT2D eigenvalue weighted by Gasteiger charge is 2.37. The molecule has 0 unspecified atom stereocenters. The van der Waals surface area contributed by atoms with Gasteiger partial charge in [-0.1, -0.05) is 49.8 Å². The highest BCUT2D eigenvalue weighted by molar-refractivity contribution is 5.99. The molecule has 3 heteroatoms. The van der Waals surface area contributed by atoms with Crippen LogP contribution in [0.3, 0.4) is 0 Å². The van der Waals surface area contributed by atoms with Gasteiger partial charge in [0.1, 0.15) is 0 Å². The molecule has 26 heavy (non-hydrogen) atoms. The van der Waals surface area contributed by atoms with Gasteiger partial charge in [0.05, 0.1) is 0 Å². The summed E-state index contributed by atoms with van der Waals surface area (Å²) in [6, 6.07) is 0. The van der Waals surface area contributed by atoms with Crippen molar-refractivity contribution in [2.24, 2.45) is 11.3 Å². The molecule has 0 aromatic heterocycles. The number of carbonyl (C=O) groups excluding carboxylic acids is 1. The maximum atomic E-state index is 12.5. The maximum absolute atomic E-state index is 12.5. The zero-order chi connectivity index (χ0) is 19.9. The van der Waals surface area contributed by atoms with Crippen LogP contribution in [0.4, 0.5) is 0 Å². The summed E-state index contributed by atoms with van der Waals surface area (Å²) in [4.78, 5) is 23.1. The SMILES string of the molecule is C#CC[C@H]1CC(C)(C)C(/C=C/C(C)=C/C=C/C(C)=C/C(=O)O)=C(C)C1=O. The van der Waals surface area contributed by atoms with Gasteiger partial charge in [0, 0.05) is 18.4 Å². The van der Waals surface area contributed by atoms with Crippen molar-refractivity contribution in [3.8, 4) is 12.3 Å². The van der Waals surface area contributed by atoms with Crippen LogP contribution in [-0.4, -0.2) is 16.9 Å². The lowest BCUT2D eigenvalue weighted by molar-refractivity contribution is -0.131. The summed E-state index contributed by atoms with van der Waals surface area (Å²) in [5, 5.41) is 8.69. The van der Waals surface area contributed by atoms with E-state index in [1.165, 1.54) is 0 Å². The van der Waals surface area contributed by atoms with Crippen LogP contribution in [0, 0.1) is 23.7 Å². The van der Waals surface area contributed by atoms with E-state index in [4.69, 9.17) is 11.5 Å². The van der Waals surface area contributed by atoms with E-state index in [1.807, 2.05) is 38.2 Å². The Bertz CT molecular complexity index is 762. The van der Waals surface area contributed by atoms with Gasteiger partial charge in [-0.05, 0) is 49.3 Å². The van der Waals surface area contributed by atoms with E-state index in [-0.39, 0.29) is 17.1 Å². The number of hydrogen-bond donors (Lipinski definition) is 1. The Morgan fingerprint density at radius 1 is 1.31 bits per heavy atom. The molecule has 0 spiro atoms. The average molecular weight is 352 g/mol. The summed E-state index contributed by atoms with van der Waals surface area (Å²) in [6.45, 7) is 9.87. The Morgan fingerprint density at radius 3 is 2.54 bits per heavy atom. The first kappa shape index (κ1) is 21.4. The molecule has 0 radical (unpaired) electrons. The summed E-state index contributed by atoms with van der Waals surface area (Å²) in [6.07, 6.45) is 17.3. The van der Waals surface area contributed by atoms with Gasteiger partial charge in [-0.2, -0.15) is 0 Å². The maximum Gasteiger partial charge on any atom is 0.328 e. The van der Waals surface area contributed by atoms with Crippen molar-refractivity contribution in [1.82, 2.24) is 0 Å². The Hall–Kier alpha value is -2.60. The van der Waals surface area contributed by atoms with Crippen molar-refractivity contribution in [2.45, 2.75) is 47.5 Å². The molecule has 0 bridgehead atoms. The molecule has 1 aliphatic carbocycles. The van der Waals surface area contributed by atoms with Crippen molar-refractivity contribution < 1.29 is 14.7 Å². The second kappa shape index (κ2) is 9.20. The second-order valence-electron chi connectivity index (χ2n) is 7.43. The van der Waals surface area contributed by atoms with E-state index in [1.54, 1.807) is 13.0 Å². The number of allylic oxidation sites excluding steroid dienone is 9. The third-order valence-corrected chi connectivity index (χ3v) is 4.58. The van der Waals surface area contributed by atoms with Crippen LogP contribution >= 0.6 is 0 Å². The lowest BCUT2D eigenvalue weighted by atomic mass is 9.67. The Kier molecular flexibility index (Phi) is 7.58. The number of hydrogen-bond acceptors (Lipinski definition) is 2. The van der Waals surface area contributed by atoms with E-state index in [9.17, 15) is 9.59 Å². The first-order chi connectivity index (χ1) is 12.1. The van der Waals surface area contributed by atoms with E-state index in [0.717, 1.165) is 29.2 Å². The minimum absolute atomic E-state index is 0.0873. The van der Waals surface area contributed by atoms with E-state index >= 15 is 0 Å². The van der Waals surface area contributed by atoms with Gasteiger partial charge in [0.2, 0.25) is 0 Å². The molecular formula is C23H28O3. The zero-order valence-electron chi connectivity index (χ0n) is 16.3. The summed E-state index contributed by atoms with van der Waals surface area (Å²) < 4.78 is 0. The van der Waals surface area contributed by atoms with Crippen LogP contribution in [-0.2, 0) is 9.59 Å². The normalized spacial score (nSPS) is 21.5. The van der Waals surface area contributed by atoms with Gasteiger partial charge >= 0.3 is 5.97 Å². The van der Waals surface area contributed by atoms with E-state index in [2.05, 4.69) is 19.8 Å². The van der Waals surface area contributed by atoms with Gasteiger partial charge < -0.3 is 5.11 Å². The van der Waals surface area contributed by atoms with Gasteiger partial charge in [-0.25, -0.2) is 4.79 Å². The van der Waals surface area contributed by atoms with Crippen molar-refractivity contribution in [3.05, 3.63) is 58.7 Å². The number of aliphatic carboxylic acids is 1.